The Morgan fingerprint density at radius 2 is 2.10 bits per heavy atom. The van der Waals surface area contributed by atoms with Gasteiger partial charge in [0.25, 0.3) is 0 Å². The van der Waals surface area contributed by atoms with Gasteiger partial charge in [-0.15, -0.1) is 0 Å². The lowest BCUT2D eigenvalue weighted by Gasteiger charge is -2.33. The smallest absolute Gasteiger partial charge is 0.223 e. The molecule has 0 spiro atoms. The van der Waals surface area contributed by atoms with Crippen LogP contribution in [0.4, 0.5) is 0 Å². The van der Waals surface area contributed by atoms with Gasteiger partial charge in [0.2, 0.25) is 5.91 Å². The maximum Gasteiger partial charge on any atom is 0.223 e. The summed E-state index contributed by atoms with van der Waals surface area (Å²) in [5.74, 6) is 0.933. The van der Waals surface area contributed by atoms with Crippen LogP contribution in [0.5, 0.6) is 0 Å². The lowest BCUT2D eigenvalue weighted by Crippen LogP contribution is -2.42. The van der Waals surface area contributed by atoms with Gasteiger partial charge in [0, 0.05) is 38.2 Å². The number of carbonyl (C=O) groups excluding carboxylic acids is 1. The molecule has 5 nitrogen and oxygen atoms in total. The first-order valence-corrected chi connectivity index (χ1v) is 8.55. The minimum absolute atomic E-state index is 0.0475. The van der Waals surface area contributed by atoms with E-state index in [1.54, 1.807) is 4.90 Å². The molecule has 0 aromatic heterocycles. The number of likely N-dealkylation sites (tertiary alicyclic amines) is 2. The van der Waals surface area contributed by atoms with Gasteiger partial charge in [0.1, 0.15) is 6.10 Å². The van der Waals surface area contributed by atoms with E-state index >= 15 is 0 Å². The summed E-state index contributed by atoms with van der Waals surface area (Å²) in [7, 11) is 1.82. The number of thiol groups is 1. The van der Waals surface area contributed by atoms with Crippen LogP contribution in [0, 0.1) is 11.3 Å². The number of hydrogen-bond donors (Lipinski definition) is 2. The highest BCUT2D eigenvalue weighted by molar-refractivity contribution is 7.80. The van der Waals surface area contributed by atoms with E-state index in [4.69, 9.17) is 10.1 Å². The van der Waals surface area contributed by atoms with Crippen molar-refractivity contribution >= 4 is 24.4 Å². The highest BCUT2D eigenvalue weighted by Crippen LogP contribution is 2.20. The number of piperidine rings is 2. The van der Waals surface area contributed by atoms with Gasteiger partial charge in [-0.05, 0) is 32.4 Å². The molecule has 2 unspecified atom stereocenters. The molecule has 0 saturated carbocycles. The second-order valence-electron chi connectivity index (χ2n) is 6.15. The summed E-state index contributed by atoms with van der Waals surface area (Å²) in [4.78, 5) is 15.9. The van der Waals surface area contributed by atoms with Crippen molar-refractivity contribution in [3.63, 3.8) is 0 Å². The zero-order chi connectivity index (χ0) is 15.2. The van der Waals surface area contributed by atoms with Gasteiger partial charge >= 0.3 is 0 Å². The molecular formula is C15H27N3O2S. The molecule has 0 aromatic rings. The van der Waals surface area contributed by atoms with E-state index in [-0.39, 0.29) is 23.8 Å². The summed E-state index contributed by atoms with van der Waals surface area (Å²) in [6, 6.07) is 0. The Hall–Kier alpha value is -0.750. The van der Waals surface area contributed by atoms with E-state index in [9.17, 15) is 4.79 Å². The standard InChI is InChI=1S/C15H27N3O2S/c1-17-8-5-12(9-14(17)19)15(16)20-13(11-21)10-18-6-3-2-4-7-18/h12-13,16,21H,2-11H2,1H3. The fraction of sp³-hybridized carbons (Fsp3) is 0.867. The van der Waals surface area contributed by atoms with Crippen LogP contribution in [0.3, 0.4) is 0 Å². The number of hydrogen-bond acceptors (Lipinski definition) is 5. The molecule has 2 fully saturated rings. The highest BCUT2D eigenvalue weighted by Gasteiger charge is 2.29. The third-order valence-corrected chi connectivity index (χ3v) is 4.85. The normalized spacial score (nSPS) is 25.7. The average Bonchev–Trinajstić information content (AvgIpc) is 2.50. The molecular weight excluding hydrogens is 286 g/mol. The molecule has 2 aliphatic rings. The van der Waals surface area contributed by atoms with Gasteiger partial charge in [-0.25, -0.2) is 0 Å². The molecule has 21 heavy (non-hydrogen) atoms. The van der Waals surface area contributed by atoms with E-state index in [1.807, 2.05) is 7.05 Å². The van der Waals surface area contributed by atoms with E-state index in [1.165, 1.54) is 19.3 Å². The first kappa shape index (κ1) is 16.6. The minimum atomic E-state index is -0.0579. The molecule has 2 heterocycles. The van der Waals surface area contributed by atoms with Crippen molar-refractivity contribution in [2.45, 2.75) is 38.2 Å². The number of nitrogens with one attached hydrogen (secondary N) is 1. The van der Waals surface area contributed by atoms with Crippen LogP contribution >= 0.6 is 12.6 Å². The number of carbonyl (C=O) groups is 1. The summed E-state index contributed by atoms with van der Waals surface area (Å²) in [6.07, 6.45) is 4.99. The number of rotatable bonds is 5. The zero-order valence-corrected chi connectivity index (χ0v) is 13.8. The monoisotopic (exact) mass is 313 g/mol. The van der Waals surface area contributed by atoms with Gasteiger partial charge in [-0.3, -0.25) is 15.1 Å². The number of amides is 1. The van der Waals surface area contributed by atoms with E-state index in [2.05, 4.69) is 17.5 Å². The Morgan fingerprint density at radius 3 is 2.71 bits per heavy atom. The summed E-state index contributed by atoms with van der Waals surface area (Å²) in [5, 5.41) is 8.14. The van der Waals surface area contributed by atoms with Crippen LogP contribution in [-0.2, 0) is 9.53 Å². The second-order valence-corrected chi connectivity index (χ2v) is 6.52. The first-order valence-electron chi connectivity index (χ1n) is 7.92. The maximum atomic E-state index is 11.7. The van der Waals surface area contributed by atoms with Gasteiger partial charge in [0.05, 0.1) is 0 Å². The topological polar surface area (TPSA) is 56.6 Å². The zero-order valence-electron chi connectivity index (χ0n) is 12.9. The van der Waals surface area contributed by atoms with Crippen molar-refractivity contribution < 1.29 is 9.53 Å². The van der Waals surface area contributed by atoms with Crippen LogP contribution < -0.4 is 0 Å². The lowest BCUT2D eigenvalue weighted by atomic mass is 9.96. The quantitative estimate of drug-likeness (QED) is 0.461. The molecule has 0 aromatic carbocycles. The van der Waals surface area contributed by atoms with E-state index in [0.29, 0.717) is 18.7 Å². The summed E-state index contributed by atoms with van der Waals surface area (Å²) < 4.78 is 5.82. The van der Waals surface area contributed by atoms with Gasteiger partial charge in [0.15, 0.2) is 5.90 Å². The Morgan fingerprint density at radius 1 is 1.38 bits per heavy atom. The largest absolute Gasteiger partial charge is 0.475 e. The van der Waals surface area contributed by atoms with Gasteiger partial charge in [-0.1, -0.05) is 6.42 Å². The van der Waals surface area contributed by atoms with E-state index < -0.39 is 0 Å². The third-order valence-electron chi connectivity index (χ3n) is 4.44. The second kappa shape index (κ2) is 8.03. The molecule has 2 saturated heterocycles. The molecule has 2 atom stereocenters. The van der Waals surface area contributed by atoms with Crippen LogP contribution in [0.2, 0.25) is 0 Å². The van der Waals surface area contributed by atoms with Gasteiger partial charge in [-0.2, -0.15) is 12.6 Å². The molecule has 0 aliphatic carbocycles. The van der Waals surface area contributed by atoms with E-state index in [0.717, 1.165) is 26.1 Å². The maximum absolute atomic E-state index is 11.7. The summed E-state index contributed by atoms with van der Waals surface area (Å²) >= 11 is 4.36. The molecule has 2 rings (SSSR count). The first-order chi connectivity index (χ1) is 10.1. The summed E-state index contributed by atoms with van der Waals surface area (Å²) in [6.45, 7) is 3.79. The number of nitrogens with zero attached hydrogens (tertiary/aromatic N) is 2. The van der Waals surface area contributed by atoms with Crippen LogP contribution in [0.25, 0.3) is 0 Å². The van der Waals surface area contributed by atoms with Crippen molar-refractivity contribution in [1.82, 2.24) is 9.80 Å². The molecule has 1 amide bonds. The molecule has 6 heteroatoms. The number of ether oxygens (including phenoxy) is 1. The Kier molecular flexibility index (Phi) is 6.36. The Balaban J connectivity index is 1.80. The lowest BCUT2D eigenvalue weighted by molar-refractivity contribution is -0.132. The molecule has 0 radical (unpaired) electrons. The van der Waals surface area contributed by atoms with Crippen molar-refractivity contribution in [2.24, 2.45) is 5.92 Å². The predicted molar refractivity (Wildman–Crippen MR) is 87.1 cm³/mol. The van der Waals surface area contributed by atoms with Crippen LogP contribution in [0.1, 0.15) is 32.1 Å². The highest BCUT2D eigenvalue weighted by atomic mass is 32.1. The summed E-state index contributed by atoms with van der Waals surface area (Å²) in [5.41, 5.74) is 0. The Labute approximate surface area is 132 Å². The van der Waals surface area contributed by atoms with Gasteiger partial charge < -0.3 is 9.64 Å². The SMILES string of the molecule is CN1CCC(C(=N)OC(CS)CN2CCCCC2)CC1=O. The molecule has 120 valence electrons. The predicted octanol–water partition coefficient (Wildman–Crippen LogP) is 1.63. The molecule has 1 N–H and O–H groups in total. The third kappa shape index (κ3) is 4.88. The van der Waals surface area contributed by atoms with Crippen LogP contribution in [0.15, 0.2) is 0 Å². The van der Waals surface area contributed by atoms with Crippen molar-refractivity contribution in [1.29, 1.82) is 5.41 Å². The minimum Gasteiger partial charge on any atom is -0.475 e. The Bertz CT molecular complexity index is 372. The fourth-order valence-corrected chi connectivity index (χ4v) is 3.19. The molecule has 2 aliphatic heterocycles. The fourth-order valence-electron chi connectivity index (χ4n) is 3.00. The van der Waals surface area contributed by atoms with Crippen LogP contribution in [-0.4, -0.2) is 66.7 Å². The van der Waals surface area contributed by atoms with Crippen molar-refractivity contribution in [3.8, 4) is 0 Å². The average molecular weight is 313 g/mol. The molecule has 0 bridgehead atoms. The van der Waals surface area contributed by atoms with Crippen molar-refractivity contribution in [2.75, 3.05) is 39.0 Å². The van der Waals surface area contributed by atoms with Crippen molar-refractivity contribution in [3.05, 3.63) is 0 Å².